The Kier molecular flexibility index (Phi) is 7.91. The third kappa shape index (κ3) is 6.16. The SMILES string of the molecule is COc1ccc(COC[C@@H](O)CNC(=O)c2cc(OC)ccc2OC)cc1. The summed E-state index contributed by atoms with van der Waals surface area (Å²) in [7, 11) is 4.62. The summed E-state index contributed by atoms with van der Waals surface area (Å²) in [6.07, 6.45) is -0.830. The van der Waals surface area contributed by atoms with Gasteiger partial charge in [0, 0.05) is 6.54 Å². The number of hydrogen-bond donors (Lipinski definition) is 2. The summed E-state index contributed by atoms with van der Waals surface area (Å²) in [6, 6.07) is 12.4. The van der Waals surface area contributed by atoms with Crippen LogP contribution in [-0.2, 0) is 11.3 Å². The Labute approximate surface area is 158 Å². The van der Waals surface area contributed by atoms with Gasteiger partial charge >= 0.3 is 0 Å². The number of amides is 1. The van der Waals surface area contributed by atoms with Crippen LogP contribution >= 0.6 is 0 Å². The van der Waals surface area contributed by atoms with Crippen molar-refractivity contribution in [2.24, 2.45) is 0 Å². The Morgan fingerprint density at radius 3 is 2.30 bits per heavy atom. The first-order valence-corrected chi connectivity index (χ1v) is 8.46. The molecule has 0 aromatic heterocycles. The molecule has 0 aliphatic rings. The van der Waals surface area contributed by atoms with Gasteiger partial charge in [0.1, 0.15) is 17.2 Å². The number of nitrogens with one attached hydrogen (secondary N) is 1. The summed E-state index contributed by atoms with van der Waals surface area (Å²) in [6.45, 7) is 0.516. The summed E-state index contributed by atoms with van der Waals surface area (Å²) in [4.78, 5) is 12.3. The number of carbonyl (C=O) groups is 1. The molecule has 0 saturated heterocycles. The van der Waals surface area contributed by atoms with E-state index in [0.29, 0.717) is 23.7 Å². The van der Waals surface area contributed by atoms with Gasteiger partial charge in [-0.1, -0.05) is 12.1 Å². The Hall–Kier alpha value is -2.77. The highest BCUT2D eigenvalue weighted by molar-refractivity contribution is 5.97. The average molecular weight is 375 g/mol. The van der Waals surface area contributed by atoms with Gasteiger partial charge in [-0.3, -0.25) is 4.79 Å². The summed E-state index contributed by atoms with van der Waals surface area (Å²) in [5, 5.41) is 12.7. The lowest BCUT2D eigenvalue weighted by Crippen LogP contribution is -2.34. The first-order chi connectivity index (χ1) is 13.1. The van der Waals surface area contributed by atoms with Crippen LogP contribution in [0.15, 0.2) is 42.5 Å². The molecule has 0 aliphatic heterocycles. The van der Waals surface area contributed by atoms with E-state index in [1.54, 1.807) is 25.3 Å². The Morgan fingerprint density at radius 2 is 1.67 bits per heavy atom. The summed E-state index contributed by atoms with van der Waals surface area (Å²) >= 11 is 0. The minimum atomic E-state index is -0.830. The van der Waals surface area contributed by atoms with E-state index < -0.39 is 6.10 Å². The number of methoxy groups -OCH3 is 3. The van der Waals surface area contributed by atoms with E-state index in [1.165, 1.54) is 14.2 Å². The number of ether oxygens (including phenoxy) is 4. The third-order valence-electron chi connectivity index (χ3n) is 3.89. The van der Waals surface area contributed by atoms with Gasteiger partial charge in [0.05, 0.1) is 46.2 Å². The van der Waals surface area contributed by atoms with E-state index in [9.17, 15) is 9.90 Å². The van der Waals surface area contributed by atoms with Crippen LogP contribution in [0.5, 0.6) is 17.2 Å². The number of benzene rings is 2. The van der Waals surface area contributed by atoms with Crippen molar-refractivity contribution in [3.05, 3.63) is 53.6 Å². The predicted molar refractivity (Wildman–Crippen MR) is 101 cm³/mol. The van der Waals surface area contributed by atoms with E-state index in [-0.39, 0.29) is 19.1 Å². The molecule has 7 nitrogen and oxygen atoms in total. The molecule has 0 saturated carbocycles. The Bertz CT molecular complexity index is 732. The fourth-order valence-corrected chi connectivity index (χ4v) is 2.39. The first kappa shape index (κ1) is 20.5. The summed E-state index contributed by atoms with van der Waals surface area (Å²) < 4.78 is 20.9. The molecule has 2 aromatic carbocycles. The van der Waals surface area contributed by atoms with Gasteiger partial charge in [-0.05, 0) is 35.9 Å². The predicted octanol–water partition coefficient (Wildman–Crippen LogP) is 2.02. The lowest BCUT2D eigenvalue weighted by atomic mass is 10.1. The molecule has 146 valence electrons. The van der Waals surface area contributed by atoms with Gasteiger partial charge in [-0.15, -0.1) is 0 Å². The maximum absolute atomic E-state index is 12.3. The van der Waals surface area contributed by atoms with Crippen LogP contribution in [0.4, 0.5) is 0 Å². The largest absolute Gasteiger partial charge is 0.497 e. The molecular formula is C20H25NO6. The molecule has 1 atom stereocenters. The van der Waals surface area contributed by atoms with Crippen LogP contribution in [-0.4, -0.2) is 51.6 Å². The molecule has 0 heterocycles. The van der Waals surface area contributed by atoms with Crippen LogP contribution in [0.3, 0.4) is 0 Å². The van der Waals surface area contributed by atoms with Crippen molar-refractivity contribution in [1.29, 1.82) is 0 Å². The second kappa shape index (κ2) is 10.4. The van der Waals surface area contributed by atoms with Crippen molar-refractivity contribution in [2.45, 2.75) is 12.7 Å². The molecule has 0 spiro atoms. The molecular weight excluding hydrogens is 350 g/mol. The lowest BCUT2D eigenvalue weighted by Gasteiger charge is -2.14. The molecule has 0 aliphatic carbocycles. The molecule has 0 bridgehead atoms. The monoisotopic (exact) mass is 375 g/mol. The second-order valence-corrected chi connectivity index (χ2v) is 5.79. The topological polar surface area (TPSA) is 86.2 Å². The number of aliphatic hydroxyl groups is 1. The van der Waals surface area contributed by atoms with Gasteiger partial charge in [-0.2, -0.15) is 0 Å². The zero-order chi connectivity index (χ0) is 19.6. The highest BCUT2D eigenvalue weighted by Crippen LogP contribution is 2.23. The van der Waals surface area contributed by atoms with Crippen molar-refractivity contribution in [3.63, 3.8) is 0 Å². The molecule has 2 N–H and O–H groups in total. The molecule has 0 radical (unpaired) electrons. The van der Waals surface area contributed by atoms with E-state index in [1.807, 2.05) is 24.3 Å². The zero-order valence-electron chi connectivity index (χ0n) is 15.7. The lowest BCUT2D eigenvalue weighted by molar-refractivity contribution is 0.0285. The van der Waals surface area contributed by atoms with Crippen LogP contribution in [0.1, 0.15) is 15.9 Å². The van der Waals surface area contributed by atoms with Crippen molar-refractivity contribution in [1.82, 2.24) is 5.32 Å². The van der Waals surface area contributed by atoms with Gasteiger partial charge < -0.3 is 29.4 Å². The number of rotatable bonds is 10. The van der Waals surface area contributed by atoms with Crippen molar-refractivity contribution < 1.29 is 28.8 Å². The molecule has 0 fully saturated rings. The molecule has 7 heteroatoms. The summed E-state index contributed by atoms with van der Waals surface area (Å²) in [5.41, 5.74) is 1.30. The zero-order valence-corrected chi connectivity index (χ0v) is 15.7. The average Bonchev–Trinajstić information content (AvgIpc) is 2.72. The number of aliphatic hydroxyl groups excluding tert-OH is 1. The summed E-state index contributed by atoms with van der Waals surface area (Å²) in [5.74, 6) is 1.39. The maximum atomic E-state index is 12.3. The smallest absolute Gasteiger partial charge is 0.255 e. The standard InChI is InChI=1S/C20H25NO6/c1-24-16-6-4-14(5-7-16)12-27-13-15(22)11-21-20(23)18-10-17(25-2)8-9-19(18)26-3/h4-10,15,22H,11-13H2,1-3H3,(H,21,23)/t15-/m0/s1. The number of carbonyl (C=O) groups excluding carboxylic acids is 1. The maximum Gasteiger partial charge on any atom is 0.255 e. The minimum absolute atomic E-state index is 0.0574. The van der Waals surface area contributed by atoms with E-state index in [0.717, 1.165) is 11.3 Å². The first-order valence-electron chi connectivity index (χ1n) is 8.46. The molecule has 2 rings (SSSR count). The normalized spacial score (nSPS) is 11.6. The quantitative estimate of drug-likeness (QED) is 0.661. The molecule has 0 unspecified atom stereocenters. The van der Waals surface area contributed by atoms with Crippen LogP contribution < -0.4 is 19.5 Å². The van der Waals surface area contributed by atoms with Crippen molar-refractivity contribution in [2.75, 3.05) is 34.5 Å². The van der Waals surface area contributed by atoms with E-state index >= 15 is 0 Å². The van der Waals surface area contributed by atoms with Crippen LogP contribution in [0.2, 0.25) is 0 Å². The third-order valence-corrected chi connectivity index (χ3v) is 3.89. The molecule has 2 aromatic rings. The number of hydrogen-bond acceptors (Lipinski definition) is 6. The van der Waals surface area contributed by atoms with Crippen molar-refractivity contribution in [3.8, 4) is 17.2 Å². The molecule has 1 amide bonds. The van der Waals surface area contributed by atoms with Gasteiger partial charge in [0.15, 0.2) is 0 Å². The van der Waals surface area contributed by atoms with Crippen molar-refractivity contribution >= 4 is 5.91 Å². The van der Waals surface area contributed by atoms with Gasteiger partial charge in [-0.25, -0.2) is 0 Å². The Morgan fingerprint density at radius 1 is 1.00 bits per heavy atom. The minimum Gasteiger partial charge on any atom is -0.497 e. The van der Waals surface area contributed by atoms with Gasteiger partial charge in [0.2, 0.25) is 0 Å². The van der Waals surface area contributed by atoms with Crippen LogP contribution in [0, 0.1) is 0 Å². The highest BCUT2D eigenvalue weighted by atomic mass is 16.5. The van der Waals surface area contributed by atoms with E-state index in [2.05, 4.69) is 5.32 Å². The van der Waals surface area contributed by atoms with E-state index in [4.69, 9.17) is 18.9 Å². The van der Waals surface area contributed by atoms with Gasteiger partial charge in [0.25, 0.3) is 5.91 Å². The van der Waals surface area contributed by atoms with Crippen LogP contribution in [0.25, 0.3) is 0 Å². The fourth-order valence-electron chi connectivity index (χ4n) is 2.39. The Balaban J connectivity index is 1.79. The second-order valence-electron chi connectivity index (χ2n) is 5.79. The highest BCUT2D eigenvalue weighted by Gasteiger charge is 2.15. The fraction of sp³-hybridized carbons (Fsp3) is 0.350. The molecule has 27 heavy (non-hydrogen) atoms.